The largest absolute Gasteiger partial charge is 0.306 e. The van der Waals surface area contributed by atoms with E-state index in [2.05, 4.69) is 68.4 Å². The summed E-state index contributed by atoms with van der Waals surface area (Å²) in [6, 6.07) is 14.7. The Kier molecular flexibility index (Phi) is 6.09. The van der Waals surface area contributed by atoms with Gasteiger partial charge in [0, 0.05) is 26.6 Å². The molecule has 1 N–H and O–H groups in total. The molecule has 0 aliphatic rings. The van der Waals surface area contributed by atoms with Crippen molar-refractivity contribution in [3.63, 3.8) is 0 Å². The predicted molar refractivity (Wildman–Crippen MR) is 93.2 cm³/mol. The van der Waals surface area contributed by atoms with E-state index in [0.717, 1.165) is 26.9 Å². The zero-order valence-corrected chi connectivity index (χ0v) is 15.1. The Hall–Kier alpha value is -0.350. The van der Waals surface area contributed by atoms with Crippen LogP contribution in [0.25, 0.3) is 0 Å². The average Bonchev–Trinajstić information content (AvgIpc) is 2.45. The fourth-order valence-corrected chi connectivity index (χ4v) is 2.95. The molecule has 1 nitrogen and oxygen atoms in total. The smallest absolute Gasteiger partial charge is 0.0410 e. The summed E-state index contributed by atoms with van der Waals surface area (Å²) in [4.78, 5) is 0. The second-order valence-electron chi connectivity index (χ2n) is 4.63. The van der Waals surface area contributed by atoms with E-state index >= 15 is 0 Å². The number of halogens is 3. The van der Waals surface area contributed by atoms with Crippen LogP contribution >= 0.6 is 43.5 Å². The Morgan fingerprint density at radius 1 is 1.10 bits per heavy atom. The normalized spacial score (nSPS) is 12.4. The van der Waals surface area contributed by atoms with Gasteiger partial charge in [0.25, 0.3) is 0 Å². The first-order chi connectivity index (χ1) is 9.60. The first kappa shape index (κ1) is 16.0. The molecule has 0 heterocycles. The number of rotatable bonds is 5. The molecule has 0 aliphatic heterocycles. The first-order valence-corrected chi connectivity index (χ1v) is 8.49. The zero-order valence-electron chi connectivity index (χ0n) is 11.2. The average molecular weight is 418 g/mol. The minimum atomic E-state index is 0.342. The number of nitrogens with one attached hydrogen (secondary N) is 1. The Morgan fingerprint density at radius 2 is 1.80 bits per heavy atom. The van der Waals surface area contributed by atoms with E-state index in [9.17, 15) is 0 Å². The van der Waals surface area contributed by atoms with E-state index in [1.54, 1.807) is 0 Å². The number of benzene rings is 2. The minimum absolute atomic E-state index is 0.342. The third kappa shape index (κ3) is 4.32. The van der Waals surface area contributed by atoms with Crippen molar-refractivity contribution < 1.29 is 0 Å². The van der Waals surface area contributed by atoms with Crippen molar-refractivity contribution in [2.24, 2.45) is 0 Å². The van der Waals surface area contributed by atoms with Gasteiger partial charge < -0.3 is 5.32 Å². The van der Waals surface area contributed by atoms with Crippen LogP contribution in [0.3, 0.4) is 0 Å². The van der Waals surface area contributed by atoms with Gasteiger partial charge >= 0.3 is 0 Å². The summed E-state index contributed by atoms with van der Waals surface area (Å²) < 4.78 is 2.19. The highest BCUT2D eigenvalue weighted by Crippen LogP contribution is 2.24. The van der Waals surface area contributed by atoms with Crippen LogP contribution in [-0.4, -0.2) is 0 Å². The fourth-order valence-electron chi connectivity index (χ4n) is 2.10. The van der Waals surface area contributed by atoms with Crippen LogP contribution in [0.1, 0.15) is 30.5 Å². The van der Waals surface area contributed by atoms with Crippen molar-refractivity contribution in [3.05, 3.63) is 67.6 Å². The van der Waals surface area contributed by atoms with Gasteiger partial charge in [-0.1, -0.05) is 62.5 Å². The lowest BCUT2D eigenvalue weighted by Crippen LogP contribution is -2.20. The van der Waals surface area contributed by atoms with Gasteiger partial charge in [-0.15, -0.1) is 0 Å². The van der Waals surface area contributed by atoms with E-state index in [1.807, 2.05) is 18.2 Å². The van der Waals surface area contributed by atoms with Crippen molar-refractivity contribution in [2.45, 2.75) is 25.9 Å². The highest BCUT2D eigenvalue weighted by molar-refractivity contribution is 9.10. The van der Waals surface area contributed by atoms with Crippen molar-refractivity contribution in [1.82, 2.24) is 5.32 Å². The Bertz CT molecular complexity index is 569. The second kappa shape index (κ2) is 7.60. The predicted octanol–water partition coefficient (Wildman–Crippen LogP) is 6.11. The van der Waals surface area contributed by atoms with Gasteiger partial charge in [-0.05, 0) is 47.9 Å². The lowest BCUT2D eigenvalue weighted by molar-refractivity contribution is 0.518. The Morgan fingerprint density at radius 3 is 2.45 bits per heavy atom. The molecule has 2 aromatic carbocycles. The summed E-state index contributed by atoms with van der Waals surface area (Å²) in [5.74, 6) is 0. The molecule has 0 amide bonds. The van der Waals surface area contributed by atoms with Crippen LogP contribution in [0.2, 0.25) is 5.02 Å². The molecule has 0 spiro atoms. The van der Waals surface area contributed by atoms with Crippen LogP contribution in [0, 0.1) is 0 Å². The molecule has 1 unspecified atom stereocenters. The third-order valence-electron chi connectivity index (χ3n) is 3.23. The van der Waals surface area contributed by atoms with Gasteiger partial charge in [-0.25, -0.2) is 0 Å². The van der Waals surface area contributed by atoms with Gasteiger partial charge in [0.15, 0.2) is 0 Å². The number of hydrogen-bond acceptors (Lipinski definition) is 1. The van der Waals surface area contributed by atoms with Crippen LogP contribution in [0.15, 0.2) is 51.4 Å². The van der Waals surface area contributed by atoms with Gasteiger partial charge in [-0.2, -0.15) is 0 Å². The summed E-state index contributed by atoms with van der Waals surface area (Å²) in [5.41, 5.74) is 2.47. The second-order valence-corrected chi connectivity index (χ2v) is 6.84. The van der Waals surface area contributed by atoms with Crippen molar-refractivity contribution >= 4 is 43.5 Å². The molecule has 0 aromatic heterocycles. The summed E-state index contributed by atoms with van der Waals surface area (Å²) in [6.07, 6.45) is 1.04. The van der Waals surface area contributed by atoms with Crippen LogP contribution in [0.5, 0.6) is 0 Å². The standard InChI is InChI=1S/C16H16Br2ClN/c1-2-16(11-3-5-13(17)6-4-11)20-10-12-9-14(19)7-8-15(12)18/h3-9,16,20H,2,10H2,1H3. The van der Waals surface area contributed by atoms with Gasteiger partial charge in [0.05, 0.1) is 0 Å². The van der Waals surface area contributed by atoms with E-state index in [1.165, 1.54) is 11.1 Å². The van der Waals surface area contributed by atoms with E-state index in [4.69, 9.17) is 11.6 Å². The SMILES string of the molecule is CCC(NCc1cc(Cl)ccc1Br)c1ccc(Br)cc1. The molecule has 0 bridgehead atoms. The first-order valence-electron chi connectivity index (χ1n) is 6.53. The highest BCUT2D eigenvalue weighted by Gasteiger charge is 2.09. The maximum atomic E-state index is 6.05. The van der Waals surface area contributed by atoms with Crippen LogP contribution in [-0.2, 0) is 6.54 Å². The lowest BCUT2D eigenvalue weighted by atomic mass is 10.0. The van der Waals surface area contributed by atoms with Crippen LogP contribution < -0.4 is 5.32 Å². The molecule has 0 radical (unpaired) electrons. The number of hydrogen-bond donors (Lipinski definition) is 1. The monoisotopic (exact) mass is 415 g/mol. The molecule has 2 aromatic rings. The maximum absolute atomic E-state index is 6.05. The Labute approximate surface area is 142 Å². The van der Waals surface area contributed by atoms with Crippen molar-refractivity contribution in [3.8, 4) is 0 Å². The molecular weight excluding hydrogens is 401 g/mol. The van der Waals surface area contributed by atoms with E-state index in [-0.39, 0.29) is 0 Å². The van der Waals surface area contributed by atoms with Gasteiger partial charge in [0.2, 0.25) is 0 Å². The topological polar surface area (TPSA) is 12.0 Å². The van der Waals surface area contributed by atoms with E-state index in [0.29, 0.717) is 6.04 Å². The molecule has 2 rings (SSSR count). The van der Waals surface area contributed by atoms with Crippen molar-refractivity contribution in [2.75, 3.05) is 0 Å². The summed E-state index contributed by atoms with van der Waals surface area (Å²) >= 11 is 13.1. The molecule has 106 valence electrons. The molecular formula is C16H16Br2ClN. The molecule has 0 saturated carbocycles. The summed E-state index contributed by atoms with van der Waals surface area (Å²) in [6.45, 7) is 2.97. The quantitative estimate of drug-likeness (QED) is 0.619. The van der Waals surface area contributed by atoms with Crippen molar-refractivity contribution in [1.29, 1.82) is 0 Å². The van der Waals surface area contributed by atoms with E-state index < -0.39 is 0 Å². The minimum Gasteiger partial charge on any atom is -0.306 e. The lowest BCUT2D eigenvalue weighted by Gasteiger charge is -2.18. The summed E-state index contributed by atoms with van der Waals surface area (Å²) in [7, 11) is 0. The van der Waals surface area contributed by atoms with Gasteiger partial charge in [0.1, 0.15) is 0 Å². The highest BCUT2D eigenvalue weighted by atomic mass is 79.9. The molecule has 0 fully saturated rings. The molecule has 4 heteroatoms. The molecule has 0 aliphatic carbocycles. The third-order valence-corrected chi connectivity index (χ3v) is 4.76. The molecule has 20 heavy (non-hydrogen) atoms. The summed E-state index contributed by atoms with van der Waals surface area (Å²) in [5, 5.41) is 4.35. The maximum Gasteiger partial charge on any atom is 0.0410 e. The molecule has 0 saturated heterocycles. The fraction of sp³-hybridized carbons (Fsp3) is 0.250. The molecule has 1 atom stereocenters. The van der Waals surface area contributed by atoms with Crippen LogP contribution in [0.4, 0.5) is 0 Å². The Balaban J connectivity index is 2.07. The zero-order chi connectivity index (χ0) is 14.5. The van der Waals surface area contributed by atoms with Gasteiger partial charge in [-0.3, -0.25) is 0 Å².